The van der Waals surface area contributed by atoms with E-state index in [9.17, 15) is 9.59 Å². The first-order valence-electron chi connectivity index (χ1n) is 10.8. The van der Waals surface area contributed by atoms with Gasteiger partial charge in [-0.05, 0) is 57.5 Å². The van der Waals surface area contributed by atoms with Crippen LogP contribution >= 0.6 is 0 Å². The first-order valence-corrected chi connectivity index (χ1v) is 10.8. The van der Waals surface area contributed by atoms with Crippen molar-refractivity contribution >= 4 is 18.3 Å². The molecule has 0 saturated carbocycles. The summed E-state index contributed by atoms with van der Waals surface area (Å²) in [5.74, 6) is 0.0796. The van der Waals surface area contributed by atoms with Gasteiger partial charge in [0.2, 0.25) is 5.91 Å². The van der Waals surface area contributed by atoms with E-state index >= 15 is 0 Å². The van der Waals surface area contributed by atoms with E-state index in [1.54, 1.807) is 18.6 Å². The summed E-state index contributed by atoms with van der Waals surface area (Å²) < 4.78 is 0. The van der Waals surface area contributed by atoms with Gasteiger partial charge in [-0.2, -0.15) is 0 Å². The van der Waals surface area contributed by atoms with Crippen molar-refractivity contribution in [1.82, 2.24) is 25.1 Å². The van der Waals surface area contributed by atoms with Crippen LogP contribution in [0.4, 0.5) is 0 Å². The quantitative estimate of drug-likeness (QED) is 0.621. The molecule has 9 nitrogen and oxygen atoms in total. The number of aromatic nitrogens is 2. The lowest BCUT2D eigenvalue weighted by molar-refractivity contribution is -0.142. The number of carboxylic acid groups (broad SMARTS) is 1. The Bertz CT molecular complexity index is 931. The second-order valence-electron chi connectivity index (χ2n) is 8.45. The van der Waals surface area contributed by atoms with Crippen molar-refractivity contribution in [3.63, 3.8) is 0 Å². The maximum absolute atomic E-state index is 13.5. The number of aryl methyl sites for hydroxylation is 1. The van der Waals surface area contributed by atoms with E-state index in [0.717, 1.165) is 43.6 Å². The van der Waals surface area contributed by atoms with Crippen LogP contribution in [0.3, 0.4) is 0 Å². The monoisotopic (exact) mass is 441 g/mol. The zero-order chi connectivity index (χ0) is 23.1. The number of nitrogens with one attached hydrogen (secondary N) is 2. The maximum atomic E-state index is 13.5. The number of pyridine rings is 1. The van der Waals surface area contributed by atoms with Crippen LogP contribution in [-0.2, 0) is 16.1 Å². The summed E-state index contributed by atoms with van der Waals surface area (Å²) in [7, 11) is 2.07. The molecule has 0 radical (unpaired) electrons. The summed E-state index contributed by atoms with van der Waals surface area (Å²) in [5, 5.41) is 10.0. The number of rotatable bonds is 4. The summed E-state index contributed by atoms with van der Waals surface area (Å²) >= 11 is 0. The number of likely N-dealkylation sites (N-methyl/N-ethyl adjacent to an activating group) is 1. The summed E-state index contributed by atoms with van der Waals surface area (Å²) in [5.41, 5.74) is 2.02. The average Bonchev–Trinajstić information content (AvgIpc) is 3.23. The highest BCUT2D eigenvalue weighted by Gasteiger charge is 2.53. The Morgan fingerprint density at radius 1 is 1.34 bits per heavy atom. The Hall–Kier alpha value is -3.20. The predicted molar refractivity (Wildman–Crippen MR) is 119 cm³/mol. The summed E-state index contributed by atoms with van der Waals surface area (Å²) in [6.45, 7) is 4.40. The molecule has 2 aliphatic heterocycles. The fourth-order valence-electron chi connectivity index (χ4n) is 4.85. The molecule has 2 amide bonds. The smallest absolute Gasteiger partial charge is 0.290 e. The van der Waals surface area contributed by atoms with E-state index in [2.05, 4.69) is 27.2 Å². The van der Waals surface area contributed by atoms with Crippen molar-refractivity contribution in [2.24, 2.45) is 5.41 Å². The van der Waals surface area contributed by atoms with E-state index < -0.39 is 5.41 Å². The highest BCUT2D eigenvalue weighted by molar-refractivity contribution is 5.96. The number of carbonyl (C=O) groups excluding carboxylic acids is 2. The molecule has 172 valence electrons. The molecule has 0 spiro atoms. The van der Waals surface area contributed by atoms with Crippen molar-refractivity contribution in [2.45, 2.75) is 38.8 Å². The third-order valence-corrected chi connectivity index (χ3v) is 6.53. The third kappa shape index (κ3) is 4.83. The summed E-state index contributed by atoms with van der Waals surface area (Å²) in [4.78, 5) is 46.6. The zero-order valence-electron chi connectivity index (χ0n) is 18.6. The normalized spacial score (nSPS) is 22.8. The van der Waals surface area contributed by atoms with Crippen LogP contribution in [-0.4, -0.2) is 75.9 Å². The molecule has 32 heavy (non-hydrogen) atoms. The van der Waals surface area contributed by atoms with Gasteiger partial charge in [-0.25, -0.2) is 0 Å². The van der Waals surface area contributed by atoms with Crippen LogP contribution in [0.2, 0.25) is 0 Å². The minimum Gasteiger partial charge on any atom is -0.483 e. The molecule has 0 aliphatic carbocycles. The molecular weight excluding hydrogens is 410 g/mol. The van der Waals surface area contributed by atoms with Crippen LogP contribution in [0.5, 0.6) is 0 Å². The second-order valence-corrected chi connectivity index (χ2v) is 8.45. The second kappa shape index (κ2) is 10.4. The lowest BCUT2D eigenvalue weighted by Gasteiger charge is -2.53. The molecule has 2 aliphatic rings. The highest BCUT2D eigenvalue weighted by atomic mass is 16.3. The molecule has 2 aromatic heterocycles. The molecule has 2 saturated heterocycles. The van der Waals surface area contributed by atoms with E-state index in [0.29, 0.717) is 18.7 Å². The van der Waals surface area contributed by atoms with Crippen LogP contribution in [0, 0.1) is 12.3 Å². The van der Waals surface area contributed by atoms with Crippen molar-refractivity contribution < 1.29 is 19.5 Å². The molecule has 4 heterocycles. The first-order chi connectivity index (χ1) is 15.4. The number of hydrogen-bond acceptors (Lipinski definition) is 5. The Morgan fingerprint density at radius 3 is 2.78 bits per heavy atom. The number of piperidine rings is 2. The molecule has 2 atom stereocenters. The van der Waals surface area contributed by atoms with Crippen LogP contribution < -0.4 is 5.32 Å². The highest BCUT2D eigenvalue weighted by Crippen LogP contribution is 2.43. The molecular formula is C23H31N5O4. The van der Waals surface area contributed by atoms with E-state index in [-0.39, 0.29) is 24.3 Å². The Morgan fingerprint density at radius 2 is 2.12 bits per heavy atom. The van der Waals surface area contributed by atoms with E-state index in [4.69, 9.17) is 9.90 Å². The molecule has 3 N–H and O–H groups in total. The Kier molecular flexibility index (Phi) is 7.63. The topological polar surface area (TPSA) is 119 Å². The standard InChI is InChI=1S/C22H29N5O2.CH2O2/c1-16-18(6-10-24-16)20(28)27-11-4-7-22(8-12-26(2)15-19(22)27)21(29)25-14-17-5-3-9-23-13-17;2-1-3/h3,5-6,9-10,13,19,24H,4,7-8,11-12,14-15H2,1-2H3,(H,25,29);1H,(H,2,3)/t19-,22+;/m0./s1. The molecule has 9 heteroatoms. The number of fused-ring (bicyclic) bond motifs is 1. The van der Waals surface area contributed by atoms with Gasteiger partial charge in [-0.15, -0.1) is 0 Å². The fraction of sp³-hybridized carbons (Fsp3) is 0.478. The number of carbonyl (C=O) groups is 3. The molecule has 4 rings (SSSR count). The van der Waals surface area contributed by atoms with Gasteiger partial charge in [0.25, 0.3) is 12.4 Å². The first kappa shape index (κ1) is 23.5. The third-order valence-electron chi connectivity index (χ3n) is 6.53. The van der Waals surface area contributed by atoms with Crippen molar-refractivity contribution in [3.8, 4) is 0 Å². The Labute approximate surface area is 187 Å². The van der Waals surface area contributed by atoms with Crippen LogP contribution in [0.25, 0.3) is 0 Å². The molecule has 0 bridgehead atoms. The van der Waals surface area contributed by atoms with Crippen LogP contribution in [0.1, 0.15) is 40.9 Å². The van der Waals surface area contributed by atoms with E-state index in [1.165, 1.54) is 0 Å². The van der Waals surface area contributed by atoms with Crippen molar-refractivity contribution in [2.75, 3.05) is 26.7 Å². The average molecular weight is 442 g/mol. The number of H-pyrrole nitrogens is 1. The fourth-order valence-corrected chi connectivity index (χ4v) is 4.85. The summed E-state index contributed by atoms with van der Waals surface area (Å²) in [6, 6.07) is 5.55. The van der Waals surface area contributed by atoms with Gasteiger partial charge in [-0.3, -0.25) is 19.4 Å². The Balaban J connectivity index is 0.000000913. The number of amides is 2. The van der Waals surface area contributed by atoms with Gasteiger partial charge >= 0.3 is 0 Å². The molecule has 2 fully saturated rings. The van der Waals surface area contributed by atoms with Gasteiger partial charge in [0.15, 0.2) is 0 Å². The predicted octanol–water partition coefficient (Wildman–Crippen LogP) is 1.66. The minimum absolute atomic E-state index is 0.0215. The minimum atomic E-state index is -0.535. The SMILES string of the molecule is Cc1[nH]ccc1C(=O)N1CCC[C@@]2(C(=O)NCc3cccnc3)CCN(C)C[C@H]12.O=CO. The van der Waals surface area contributed by atoms with Gasteiger partial charge in [0.05, 0.1) is 17.0 Å². The van der Waals surface area contributed by atoms with Crippen molar-refractivity contribution in [1.29, 1.82) is 0 Å². The maximum Gasteiger partial charge on any atom is 0.290 e. The number of nitrogens with zero attached hydrogens (tertiary/aromatic N) is 3. The zero-order valence-corrected chi connectivity index (χ0v) is 18.6. The number of aromatic amines is 1. The lowest BCUT2D eigenvalue weighted by Crippen LogP contribution is -2.66. The van der Waals surface area contributed by atoms with E-state index in [1.807, 2.05) is 30.0 Å². The van der Waals surface area contributed by atoms with Crippen molar-refractivity contribution in [3.05, 3.63) is 53.6 Å². The lowest BCUT2D eigenvalue weighted by atomic mass is 9.67. The van der Waals surface area contributed by atoms with Gasteiger partial charge in [0, 0.05) is 43.9 Å². The molecule has 0 unspecified atom stereocenters. The number of likely N-dealkylation sites (tertiary alicyclic amines) is 2. The van der Waals surface area contributed by atoms with Gasteiger partial charge in [-0.1, -0.05) is 6.07 Å². The summed E-state index contributed by atoms with van der Waals surface area (Å²) in [6.07, 6.45) is 7.73. The largest absolute Gasteiger partial charge is 0.483 e. The van der Waals surface area contributed by atoms with Crippen LogP contribution in [0.15, 0.2) is 36.8 Å². The van der Waals surface area contributed by atoms with Gasteiger partial charge in [0.1, 0.15) is 0 Å². The molecule has 2 aromatic rings. The van der Waals surface area contributed by atoms with Gasteiger partial charge < -0.3 is 25.2 Å². The molecule has 0 aromatic carbocycles. The number of hydrogen-bond donors (Lipinski definition) is 3.